The highest BCUT2D eigenvalue weighted by Crippen LogP contribution is 2.11. The number of hydrogen-bond donors (Lipinski definition) is 2. The SMILES string of the molecule is CCN(CC)c1ccc(CNC(=O)CSCC(=O)Nc2ccc(F)cc2)cn1. The normalized spacial score (nSPS) is 10.4. The summed E-state index contributed by atoms with van der Waals surface area (Å²) in [5, 5.41) is 5.47. The van der Waals surface area contributed by atoms with Gasteiger partial charge in [0.15, 0.2) is 0 Å². The fraction of sp³-hybridized carbons (Fsp3) is 0.350. The second-order valence-electron chi connectivity index (χ2n) is 6.02. The summed E-state index contributed by atoms with van der Waals surface area (Å²) in [6.07, 6.45) is 1.76. The second-order valence-corrected chi connectivity index (χ2v) is 7.01. The Kier molecular flexibility index (Phi) is 8.74. The summed E-state index contributed by atoms with van der Waals surface area (Å²) in [5.74, 6) is 0.505. The Morgan fingerprint density at radius 3 is 2.32 bits per heavy atom. The molecule has 1 aromatic carbocycles. The summed E-state index contributed by atoms with van der Waals surface area (Å²) in [4.78, 5) is 30.3. The minimum Gasteiger partial charge on any atom is -0.357 e. The fourth-order valence-corrected chi connectivity index (χ4v) is 3.12. The van der Waals surface area contributed by atoms with Gasteiger partial charge in [0.05, 0.1) is 11.5 Å². The molecule has 0 bridgehead atoms. The largest absolute Gasteiger partial charge is 0.357 e. The average molecular weight is 405 g/mol. The van der Waals surface area contributed by atoms with E-state index in [9.17, 15) is 14.0 Å². The van der Waals surface area contributed by atoms with Crippen molar-refractivity contribution in [2.24, 2.45) is 0 Å². The third kappa shape index (κ3) is 7.19. The zero-order chi connectivity index (χ0) is 20.4. The second kappa shape index (κ2) is 11.3. The number of thioether (sulfide) groups is 1. The molecular weight excluding hydrogens is 379 g/mol. The molecule has 0 spiro atoms. The summed E-state index contributed by atoms with van der Waals surface area (Å²) >= 11 is 1.22. The summed E-state index contributed by atoms with van der Waals surface area (Å²) in [6, 6.07) is 9.43. The van der Waals surface area contributed by atoms with Crippen LogP contribution in [0.4, 0.5) is 15.9 Å². The predicted octanol–water partition coefficient (Wildman–Crippen LogP) is 3.06. The molecule has 0 aliphatic rings. The van der Waals surface area contributed by atoms with Gasteiger partial charge in [0.2, 0.25) is 11.8 Å². The van der Waals surface area contributed by atoms with Gasteiger partial charge in [-0.3, -0.25) is 9.59 Å². The van der Waals surface area contributed by atoms with Gasteiger partial charge in [-0.25, -0.2) is 9.37 Å². The molecule has 0 saturated carbocycles. The lowest BCUT2D eigenvalue weighted by Gasteiger charge is -2.19. The van der Waals surface area contributed by atoms with Gasteiger partial charge in [-0.15, -0.1) is 11.8 Å². The van der Waals surface area contributed by atoms with E-state index in [0.29, 0.717) is 12.2 Å². The Labute approximate surface area is 168 Å². The van der Waals surface area contributed by atoms with Gasteiger partial charge in [0.1, 0.15) is 11.6 Å². The summed E-state index contributed by atoms with van der Waals surface area (Å²) in [7, 11) is 0. The van der Waals surface area contributed by atoms with E-state index >= 15 is 0 Å². The van der Waals surface area contributed by atoms with Crippen LogP contribution >= 0.6 is 11.8 Å². The molecule has 1 heterocycles. The number of hydrogen-bond acceptors (Lipinski definition) is 5. The van der Waals surface area contributed by atoms with E-state index in [1.165, 1.54) is 36.0 Å². The van der Waals surface area contributed by atoms with Crippen LogP contribution in [0.3, 0.4) is 0 Å². The Balaban J connectivity index is 1.67. The van der Waals surface area contributed by atoms with Crippen molar-refractivity contribution >= 4 is 35.1 Å². The number of carbonyl (C=O) groups excluding carboxylic acids is 2. The third-order valence-electron chi connectivity index (χ3n) is 3.98. The molecule has 2 rings (SSSR count). The van der Waals surface area contributed by atoms with Gasteiger partial charge in [-0.2, -0.15) is 0 Å². The molecule has 2 aromatic rings. The highest BCUT2D eigenvalue weighted by molar-refractivity contribution is 8.00. The fourth-order valence-electron chi connectivity index (χ4n) is 2.47. The minimum atomic E-state index is -0.359. The zero-order valence-corrected chi connectivity index (χ0v) is 16.9. The van der Waals surface area contributed by atoms with Crippen LogP contribution in [0.15, 0.2) is 42.6 Å². The minimum absolute atomic E-state index is 0.144. The van der Waals surface area contributed by atoms with Gasteiger partial charge >= 0.3 is 0 Å². The molecule has 28 heavy (non-hydrogen) atoms. The molecule has 0 radical (unpaired) electrons. The lowest BCUT2D eigenvalue weighted by molar-refractivity contribution is -0.118. The van der Waals surface area contributed by atoms with Crippen LogP contribution in [-0.4, -0.2) is 41.4 Å². The molecule has 0 saturated heterocycles. The number of nitrogens with zero attached hydrogens (tertiary/aromatic N) is 2. The van der Waals surface area contributed by atoms with Crippen molar-refractivity contribution in [3.63, 3.8) is 0 Å². The third-order valence-corrected chi connectivity index (χ3v) is 4.91. The molecule has 0 fully saturated rings. The topological polar surface area (TPSA) is 74.3 Å². The Morgan fingerprint density at radius 1 is 1.04 bits per heavy atom. The highest BCUT2D eigenvalue weighted by atomic mass is 32.2. The van der Waals surface area contributed by atoms with Gasteiger partial charge in [-0.05, 0) is 49.7 Å². The van der Waals surface area contributed by atoms with Crippen molar-refractivity contribution in [3.8, 4) is 0 Å². The zero-order valence-electron chi connectivity index (χ0n) is 16.1. The van der Waals surface area contributed by atoms with Gasteiger partial charge < -0.3 is 15.5 Å². The number of rotatable bonds is 10. The van der Waals surface area contributed by atoms with Gasteiger partial charge in [0, 0.05) is 31.5 Å². The highest BCUT2D eigenvalue weighted by Gasteiger charge is 2.07. The number of carbonyl (C=O) groups is 2. The lowest BCUT2D eigenvalue weighted by atomic mass is 10.2. The van der Waals surface area contributed by atoms with E-state index in [1.54, 1.807) is 6.20 Å². The Morgan fingerprint density at radius 2 is 1.71 bits per heavy atom. The van der Waals surface area contributed by atoms with E-state index in [0.717, 1.165) is 24.5 Å². The number of halogens is 1. The molecule has 0 aliphatic carbocycles. The molecule has 2 amide bonds. The van der Waals surface area contributed by atoms with Crippen LogP contribution in [0, 0.1) is 5.82 Å². The van der Waals surface area contributed by atoms with Crippen molar-refractivity contribution in [3.05, 3.63) is 54.0 Å². The van der Waals surface area contributed by atoms with Crippen LogP contribution in [0.5, 0.6) is 0 Å². The maximum Gasteiger partial charge on any atom is 0.234 e. The maximum atomic E-state index is 12.8. The first-order chi connectivity index (χ1) is 13.5. The van der Waals surface area contributed by atoms with Crippen molar-refractivity contribution < 1.29 is 14.0 Å². The molecule has 0 atom stereocenters. The molecule has 2 N–H and O–H groups in total. The van der Waals surface area contributed by atoms with Crippen molar-refractivity contribution in [2.45, 2.75) is 20.4 Å². The number of pyridine rings is 1. The van der Waals surface area contributed by atoms with Crippen molar-refractivity contribution in [2.75, 3.05) is 34.8 Å². The van der Waals surface area contributed by atoms with E-state index in [-0.39, 0.29) is 29.1 Å². The van der Waals surface area contributed by atoms with Crippen molar-refractivity contribution in [1.82, 2.24) is 10.3 Å². The number of aromatic nitrogens is 1. The molecule has 150 valence electrons. The van der Waals surface area contributed by atoms with E-state index < -0.39 is 0 Å². The number of benzene rings is 1. The number of nitrogens with one attached hydrogen (secondary N) is 2. The number of anilines is 2. The first-order valence-electron chi connectivity index (χ1n) is 9.11. The van der Waals surface area contributed by atoms with E-state index in [4.69, 9.17) is 0 Å². The van der Waals surface area contributed by atoms with Gasteiger partial charge in [0.25, 0.3) is 0 Å². The monoisotopic (exact) mass is 404 g/mol. The summed E-state index contributed by atoms with van der Waals surface area (Å²) in [6.45, 7) is 6.34. The molecule has 1 aromatic heterocycles. The molecule has 6 nitrogen and oxygen atoms in total. The first kappa shape index (κ1) is 21.7. The summed E-state index contributed by atoms with van der Waals surface area (Å²) < 4.78 is 12.8. The van der Waals surface area contributed by atoms with Crippen LogP contribution in [-0.2, 0) is 16.1 Å². The Hall–Kier alpha value is -2.61. The lowest BCUT2D eigenvalue weighted by Crippen LogP contribution is -2.26. The van der Waals surface area contributed by atoms with Gasteiger partial charge in [-0.1, -0.05) is 6.07 Å². The first-order valence-corrected chi connectivity index (χ1v) is 10.3. The number of amides is 2. The average Bonchev–Trinajstić information content (AvgIpc) is 2.70. The molecule has 8 heteroatoms. The van der Waals surface area contributed by atoms with Crippen molar-refractivity contribution in [1.29, 1.82) is 0 Å². The van der Waals surface area contributed by atoms with Crippen LogP contribution in [0.2, 0.25) is 0 Å². The molecular formula is C20H25FN4O2S. The van der Waals surface area contributed by atoms with E-state index in [1.807, 2.05) is 12.1 Å². The van der Waals surface area contributed by atoms with Crippen LogP contribution < -0.4 is 15.5 Å². The molecule has 0 aliphatic heterocycles. The van der Waals surface area contributed by atoms with Crippen LogP contribution in [0.25, 0.3) is 0 Å². The molecule has 0 unspecified atom stereocenters. The quantitative estimate of drug-likeness (QED) is 0.637. The smallest absolute Gasteiger partial charge is 0.234 e. The summed E-state index contributed by atoms with van der Waals surface area (Å²) in [5.41, 5.74) is 1.44. The maximum absolute atomic E-state index is 12.8. The van der Waals surface area contributed by atoms with Crippen LogP contribution in [0.1, 0.15) is 19.4 Å². The Bertz CT molecular complexity index is 765. The van der Waals surface area contributed by atoms with E-state index in [2.05, 4.69) is 34.4 Å². The standard InChI is InChI=1S/C20H25FN4O2S/c1-3-25(4-2)18-10-5-15(11-22-18)12-23-19(26)13-28-14-20(27)24-17-8-6-16(21)7-9-17/h5-11H,3-4,12-14H2,1-2H3,(H,23,26)(H,24,27). The predicted molar refractivity (Wildman–Crippen MR) is 112 cm³/mol.